The van der Waals surface area contributed by atoms with Gasteiger partial charge >= 0.3 is 0 Å². The van der Waals surface area contributed by atoms with E-state index in [0.717, 1.165) is 0 Å². The van der Waals surface area contributed by atoms with Crippen LogP contribution in [-0.4, -0.2) is 4.92 Å². The summed E-state index contributed by atoms with van der Waals surface area (Å²) in [5.41, 5.74) is 6.01. The van der Waals surface area contributed by atoms with Crippen molar-refractivity contribution in [3.8, 4) is 12.3 Å². The van der Waals surface area contributed by atoms with Gasteiger partial charge in [0, 0.05) is 23.4 Å². The number of hydrogen-bond donors (Lipinski definition) is 1. The lowest BCUT2D eigenvalue weighted by Gasteiger charge is -1.95. The van der Waals surface area contributed by atoms with Crippen molar-refractivity contribution >= 4 is 11.4 Å². The molecule has 0 spiro atoms. The normalized spacial score (nSPS) is 8.92. The largest absolute Gasteiger partial charge is 0.398 e. The summed E-state index contributed by atoms with van der Waals surface area (Å²) in [6.45, 7) is 0. The zero-order valence-corrected chi connectivity index (χ0v) is 6.15. The van der Waals surface area contributed by atoms with Gasteiger partial charge in [-0.25, -0.2) is 0 Å². The molecule has 1 aromatic carbocycles. The Kier molecular flexibility index (Phi) is 1.97. The lowest BCUT2D eigenvalue weighted by atomic mass is 10.2. The quantitative estimate of drug-likeness (QED) is 0.291. The van der Waals surface area contributed by atoms with Gasteiger partial charge in [-0.1, -0.05) is 5.92 Å². The van der Waals surface area contributed by atoms with E-state index in [9.17, 15) is 10.1 Å². The summed E-state index contributed by atoms with van der Waals surface area (Å²) < 4.78 is 0. The predicted molar refractivity (Wildman–Crippen MR) is 45.4 cm³/mol. The van der Waals surface area contributed by atoms with E-state index in [1.807, 2.05) is 0 Å². The topological polar surface area (TPSA) is 69.2 Å². The van der Waals surface area contributed by atoms with Crippen LogP contribution in [0.1, 0.15) is 5.56 Å². The van der Waals surface area contributed by atoms with E-state index < -0.39 is 4.92 Å². The van der Waals surface area contributed by atoms with Crippen LogP contribution in [0.25, 0.3) is 0 Å². The second kappa shape index (κ2) is 2.93. The summed E-state index contributed by atoms with van der Waals surface area (Å²) in [6, 6.07) is 4.07. The van der Waals surface area contributed by atoms with E-state index >= 15 is 0 Å². The molecule has 2 N–H and O–H groups in total. The molecule has 0 aliphatic heterocycles. The second-order valence-corrected chi connectivity index (χ2v) is 2.21. The van der Waals surface area contributed by atoms with Crippen molar-refractivity contribution in [2.24, 2.45) is 0 Å². The van der Waals surface area contributed by atoms with Gasteiger partial charge in [-0.2, -0.15) is 0 Å². The highest BCUT2D eigenvalue weighted by atomic mass is 16.6. The first-order valence-electron chi connectivity index (χ1n) is 3.15. The lowest BCUT2D eigenvalue weighted by molar-refractivity contribution is -0.384. The van der Waals surface area contributed by atoms with Gasteiger partial charge in [-0.15, -0.1) is 6.42 Å². The molecule has 1 rings (SSSR count). The molecule has 0 heterocycles. The number of nitro groups is 1. The maximum atomic E-state index is 10.3. The summed E-state index contributed by atoms with van der Waals surface area (Å²) >= 11 is 0. The number of nitrogens with zero attached hydrogens (tertiary/aromatic N) is 1. The van der Waals surface area contributed by atoms with E-state index in [-0.39, 0.29) is 5.69 Å². The van der Waals surface area contributed by atoms with Gasteiger partial charge in [0.05, 0.1) is 4.92 Å². The van der Waals surface area contributed by atoms with Crippen LogP contribution in [0.2, 0.25) is 0 Å². The summed E-state index contributed by atoms with van der Waals surface area (Å²) in [5, 5.41) is 10.3. The minimum atomic E-state index is -0.531. The summed E-state index contributed by atoms with van der Waals surface area (Å²) in [7, 11) is 0. The third kappa shape index (κ3) is 1.52. The van der Waals surface area contributed by atoms with Crippen LogP contribution < -0.4 is 5.73 Å². The molecule has 1 aromatic rings. The fourth-order valence-corrected chi connectivity index (χ4v) is 0.823. The molecule has 0 bridgehead atoms. The van der Waals surface area contributed by atoms with Crippen LogP contribution in [0.4, 0.5) is 11.4 Å². The molecule has 0 saturated carbocycles. The van der Waals surface area contributed by atoms with Crippen LogP contribution in [0.5, 0.6) is 0 Å². The summed E-state index contributed by atoms with van der Waals surface area (Å²) in [5.74, 6) is 2.28. The fraction of sp³-hybridized carbons (Fsp3) is 0. The molecule has 12 heavy (non-hydrogen) atoms. The molecule has 0 radical (unpaired) electrons. The Bertz CT molecular complexity index is 366. The number of anilines is 1. The Hall–Kier alpha value is -2.02. The summed E-state index contributed by atoms with van der Waals surface area (Å²) in [4.78, 5) is 9.77. The molecule has 60 valence electrons. The number of benzene rings is 1. The molecule has 0 fully saturated rings. The molecule has 4 nitrogen and oxygen atoms in total. The number of terminal acetylenes is 1. The number of nitrogen functional groups attached to an aromatic ring is 1. The summed E-state index contributed by atoms with van der Waals surface area (Å²) in [6.07, 6.45) is 5.06. The standard InChI is InChI=1S/C8H6N2O2/c1-2-6-3-7(9)5-8(4-6)10(11)12/h1,3-5H,9H2. The Morgan fingerprint density at radius 2 is 2.17 bits per heavy atom. The molecule has 0 aromatic heterocycles. The number of nitro benzene ring substituents is 1. The van der Waals surface area contributed by atoms with Crippen LogP contribution >= 0.6 is 0 Å². The Morgan fingerprint density at radius 3 is 2.67 bits per heavy atom. The minimum Gasteiger partial charge on any atom is -0.398 e. The van der Waals surface area contributed by atoms with E-state index in [0.29, 0.717) is 11.3 Å². The molecule has 0 unspecified atom stereocenters. The molecular weight excluding hydrogens is 156 g/mol. The number of hydrogen-bond acceptors (Lipinski definition) is 3. The third-order valence-electron chi connectivity index (χ3n) is 1.32. The van der Waals surface area contributed by atoms with E-state index in [1.165, 1.54) is 18.2 Å². The van der Waals surface area contributed by atoms with E-state index in [4.69, 9.17) is 12.2 Å². The van der Waals surface area contributed by atoms with Gasteiger partial charge in [0.2, 0.25) is 0 Å². The SMILES string of the molecule is C#Cc1cc(N)cc([N+](=O)[O-])c1. The molecular formula is C8H6N2O2. The smallest absolute Gasteiger partial charge is 0.272 e. The first kappa shape index (κ1) is 8.08. The highest BCUT2D eigenvalue weighted by Crippen LogP contribution is 2.17. The van der Waals surface area contributed by atoms with E-state index in [1.54, 1.807) is 0 Å². The van der Waals surface area contributed by atoms with Crippen molar-refractivity contribution in [1.82, 2.24) is 0 Å². The Morgan fingerprint density at radius 1 is 1.50 bits per heavy atom. The number of rotatable bonds is 1. The zero-order chi connectivity index (χ0) is 9.14. The third-order valence-corrected chi connectivity index (χ3v) is 1.32. The fourth-order valence-electron chi connectivity index (χ4n) is 0.823. The average molecular weight is 162 g/mol. The lowest BCUT2D eigenvalue weighted by Crippen LogP contribution is -1.92. The van der Waals surface area contributed by atoms with Crippen LogP contribution in [-0.2, 0) is 0 Å². The van der Waals surface area contributed by atoms with Crippen molar-refractivity contribution in [3.63, 3.8) is 0 Å². The van der Waals surface area contributed by atoms with Gasteiger partial charge < -0.3 is 5.73 Å². The van der Waals surface area contributed by atoms with Crippen LogP contribution in [0, 0.1) is 22.5 Å². The monoisotopic (exact) mass is 162 g/mol. The maximum Gasteiger partial charge on any atom is 0.272 e. The Balaban J connectivity index is 3.26. The number of non-ortho nitro benzene ring substituents is 1. The molecule has 0 aliphatic rings. The van der Waals surface area contributed by atoms with Crippen molar-refractivity contribution in [2.45, 2.75) is 0 Å². The number of nitrogens with two attached hydrogens (primary N) is 1. The predicted octanol–water partition coefficient (Wildman–Crippen LogP) is 1.16. The van der Waals surface area contributed by atoms with Crippen molar-refractivity contribution in [3.05, 3.63) is 33.9 Å². The molecule has 4 heteroatoms. The average Bonchev–Trinajstić information content (AvgIpc) is 2.03. The van der Waals surface area contributed by atoms with Gasteiger partial charge in [0.15, 0.2) is 0 Å². The van der Waals surface area contributed by atoms with E-state index in [2.05, 4.69) is 5.92 Å². The van der Waals surface area contributed by atoms with Crippen molar-refractivity contribution < 1.29 is 4.92 Å². The highest BCUT2D eigenvalue weighted by Gasteiger charge is 2.06. The van der Waals surface area contributed by atoms with Gasteiger partial charge in [-0.05, 0) is 6.07 Å². The van der Waals surface area contributed by atoms with Gasteiger partial charge in [0.1, 0.15) is 0 Å². The molecule has 0 aliphatic carbocycles. The second-order valence-electron chi connectivity index (χ2n) is 2.21. The van der Waals surface area contributed by atoms with Gasteiger partial charge in [0.25, 0.3) is 5.69 Å². The first-order valence-corrected chi connectivity index (χ1v) is 3.15. The Labute approximate surface area is 69.2 Å². The molecule has 0 amide bonds. The van der Waals surface area contributed by atoms with Crippen LogP contribution in [0.3, 0.4) is 0 Å². The van der Waals surface area contributed by atoms with Crippen LogP contribution in [0.15, 0.2) is 18.2 Å². The molecule has 0 atom stereocenters. The van der Waals surface area contributed by atoms with Crippen molar-refractivity contribution in [1.29, 1.82) is 0 Å². The highest BCUT2D eigenvalue weighted by molar-refractivity contribution is 5.54. The maximum absolute atomic E-state index is 10.3. The zero-order valence-electron chi connectivity index (χ0n) is 6.15. The van der Waals surface area contributed by atoms with Crippen molar-refractivity contribution in [2.75, 3.05) is 5.73 Å². The molecule has 0 saturated heterocycles. The first-order chi connectivity index (χ1) is 5.63. The van der Waals surface area contributed by atoms with Gasteiger partial charge in [-0.3, -0.25) is 10.1 Å². The minimum absolute atomic E-state index is 0.0806.